The number of nitrogens with zero attached hydrogens (tertiary/aromatic N) is 2. The van der Waals surface area contributed by atoms with E-state index in [4.69, 9.17) is 5.73 Å². The molecule has 1 aliphatic rings. The number of anilines is 2. The summed E-state index contributed by atoms with van der Waals surface area (Å²) in [5.74, 6) is -1.50. The number of likely N-dealkylation sites (tertiary alicyclic amines) is 1. The average Bonchev–Trinajstić information content (AvgIpc) is 3.17. The van der Waals surface area contributed by atoms with E-state index in [-0.39, 0.29) is 17.2 Å². The first kappa shape index (κ1) is 19.2. The number of nitrogens with two attached hydrogens (primary N) is 1. The van der Waals surface area contributed by atoms with Crippen LogP contribution >= 0.6 is 11.3 Å². The Labute approximate surface area is 160 Å². The van der Waals surface area contributed by atoms with E-state index in [2.05, 4.69) is 20.5 Å². The van der Waals surface area contributed by atoms with Crippen molar-refractivity contribution in [3.63, 3.8) is 0 Å². The van der Waals surface area contributed by atoms with Gasteiger partial charge in [0, 0.05) is 23.8 Å². The molecule has 3 rings (SSSR count). The molecule has 0 aliphatic carbocycles. The summed E-state index contributed by atoms with van der Waals surface area (Å²) in [6.07, 6.45) is 4.88. The number of hydrogen-bond acceptors (Lipinski definition) is 6. The van der Waals surface area contributed by atoms with Crippen molar-refractivity contribution in [1.82, 2.24) is 15.2 Å². The number of carbonyl (C=O) groups is 2. The van der Waals surface area contributed by atoms with Gasteiger partial charge in [0.15, 0.2) is 5.13 Å². The highest BCUT2D eigenvalue weighted by Gasteiger charge is 2.26. The Morgan fingerprint density at radius 1 is 1.30 bits per heavy atom. The summed E-state index contributed by atoms with van der Waals surface area (Å²) in [7, 11) is 0. The molecule has 0 saturated carbocycles. The maximum atomic E-state index is 13.5. The third-order valence-electron chi connectivity index (χ3n) is 4.43. The van der Waals surface area contributed by atoms with E-state index in [0.717, 1.165) is 32.0 Å². The van der Waals surface area contributed by atoms with E-state index in [1.54, 1.807) is 11.6 Å². The third-order valence-corrected chi connectivity index (χ3v) is 5.12. The smallest absolute Gasteiger partial charge is 0.254 e. The summed E-state index contributed by atoms with van der Waals surface area (Å²) in [5.41, 5.74) is 5.96. The van der Waals surface area contributed by atoms with E-state index in [1.807, 2.05) is 0 Å². The molecule has 1 fully saturated rings. The average molecular weight is 391 g/mol. The Bertz CT molecular complexity index is 793. The van der Waals surface area contributed by atoms with Crippen LogP contribution in [0.4, 0.5) is 15.2 Å². The number of halogens is 1. The fraction of sp³-hybridized carbons (Fsp3) is 0.389. The first-order valence-corrected chi connectivity index (χ1v) is 9.69. The molecule has 1 aliphatic heterocycles. The van der Waals surface area contributed by atoms with Crippen LogP contribution < -0.4 is 16.4 Å². The largest absolute Gasteiger partial charge is 0.398 e. The van der Waals surface area contributed by atoms with Crippen molar-refractivity contribution >= 4 is 34.0 Å². The summed E-state index contributed by atoms with van der Waals surface area (Å²) in [6, 6.07) is 2.79. The van der Waals surface area contributed by atoms with Crippen molar-refractivity contribution in [2.24, 2.45) is 0 Å². The first-order valence-electron chi connectivity index (χ1n) is 8.81. The molecule has 27 heavy (non-hydrogen) atoms. The summed E-state index contributed by atoms with van der Waals surface area (Å²) in [5, 5.41) is 7.63. The zero-order chi connectivity index (χ0) is 19.2. The molecule has 1 atom stereocenters. The molecule has 4 N–H and O–H groups in total. The predicted octanol–water partition coefficient (Wildman–Crippen LogP) is 2.09. The molecule has 2 amide bonds. The van der Waals surface area contributed by atoms with Crippen molar-refractivity contribution in [3.8, 4) is 0 Å². The second-order valence-corrected chi connectivity index (χ2v) is 7.34. The van der Waals surface area contributed by atoms with Gasteiger partial charge in [-0.15, -0.1) is 11.3 Å². The Hall–Kier alpha value is -2.52. The molecule has 0 bridgehead atoms. The molecule has 9 heteroatoms. The second-order valence-electron chi connectivity index (χ2n) is 6.45. The molecule has 1 aromatic carbocycles. The third kappa shape index (κ3) is 5.24. The zero-order valence-electron chi connectivity index (χ0n) is 14.8. The van der Waals surface area contributed by atoms with Crippen LogP contribution in [0, 0.1) is 5.82 Å². The van der Waals surface area contributed by atoms with E-state index in [1.165, 1.54) is 29.9 Å². The standard InChI is InChI=1S/C18H22FN5O2S/c19-12-4-5-14(20)13(10-12)16(25)22-15(11-24-7-2-1-3-8-24)17(26)23-18-21-6-9-27-18/h4-6,9-10,15H,1-3,7-8,11,20H2,(H,22,25)(H,21,23,26). The van der Waals surface area contributed by atoms with Gasteiger partial charge in [-0.25, -0.2) is 9.37 Å². The van der Waals surface area contributed by atoms with Crippen molar-refractivity contribution in [1.29, 1.82) is 0 Å². The first-order chi connectivity index (χ1) is 13.0. The van der Waals surface area contributed by atoms with Gasteiger partial charge in [-0.05, 0) is 44.1 Å². The number of thiazole rings is 1. The minimum absolute atomic E-state index is 0.0145. The maximum Gasteiger partial charge on any atom is 0.254 e. The lowest BCUT2D eigenvalue weighted by molar-refractivity contribution is -0.118. The number of carbonyl (C=O) groups excluding carboxylic acids is 2. The molecule has 2 aromatic rings. The molecule has 1 saturated heterocycles. The Kier molecular flexibility index (Phi) is 6.36. The van der Waals surface area contributed by atoms with Gasteiger partial charge < -0.3 is 21.3 Å². The lowest BCUT2D eigenvalue weighted by Gasteiger charge is -2.30. The quantitative estimate of drug-likeness (QED) is 0.655. The molecule has 144 valence electrons. The van der Waals surface area contributed by atoms with Crippen LogP contribution in [0.5, 0.6) is 0 Å². The number of nitrogens with one attached hydrogen (secondary N) is 2. The monoisotopic (exact) mass is 391 g/mol. The van der Waals surface area contributed by atoms with Gasteiger partial charge in [-0.2, -0.15) is 0 Å². The Morgan fingerprint density at radius 2 is 2.07 bits per heavy atom. The van der Waals surface area contributed by atoms with Gasteiger partial charge in [-0.3, -0.25) is 9.59 Å². The van der Waals surface area contributed by atoms with Crippen molar-refractivity contribution in [2.75, 3.05) is 30.7 Å². The zero-order valence-corrected chi connectivity index (χ0v) is 15.6. The Morgan fingerprint density at radius 3 is 2.78 bits per heavy atom. The highest BCUT2D eigenvalue weighted by atomic mass is 32.1. The molecule has 1 unspecified atom stereocenters. The van der Waals surface area contributed by atoms with Crippen LogP contribution in [0.25, 0.3) is 0 Å². The van der Waals surface area contributed by atoms with Gasteiger partial charge in [0.1, 0.15) is 11.9 Å². The number of aromatic nitrogens is 1. The molecule has 7 nitrogen and oxygen atoms in total. The molecule has 0 radical (unpaired) electrons. The van der Waals surface area contributed by atoms with Gasteiger partial charge >= 0.3 is 0 Å². The van der Waals surface area contributed by atoms with Gasteiger partial charge in [0.05, 0.1) is 5.56 Å². The van der Waals surface area contributed by atoms with E-state index >= 15 is 0 Å². The van der Waals surface area contributed by atoms with E-state index in [9.17, 15) is 14.0 Å². The highest BCUT2D eigenvalue weighted by Crippen LogP contribution is 2.15. The predicted molar refractivity (Wildman–Crippen MR) is 103 cm³/mol. The van der Waals surface area contributed by atoms with Crippen LogP contribution in [0.15, 0.2) is 29.8 Å². The second kappa shape index (κ2) is 8.92. The van der Waals surface area contributed by atoms with Crippen LogP contribution in [0.2, 0.25) is 0 Å². The van der Waals surface area contributed by atoms with Crippen LogP contribution in [0.3, 0.4) is 0 Å². The number of hydrogen-bond donors (Lipinski definition) is 3. The normalized spacial score (nSPS) is 15.9. The van der Waals surface area contributed by atoms with Gasteiger partial charge in [0.2, 0.25) is 5.91 Å². The van der Waals surface area contributed by atoms with E-state index < -0.39 is 17.8 Å². The van der Waals surface area contributed by atoms with Crippen LogP contribution in [0.1, 0.15) is 29.6 Å². The SMILES string of the molecule is Nc1ccc(F)cc1C(=O)NC(CN1CCCCC1)C(=O)Nc1nccs1. The van der Waals surface area contributed by atoms with Crippen molar-refractivity contribution < 1.29 is 14.0 Å². The molecule has 1 aromatic heterocycles. The van der Waals surface area contributed by atoms with Crippen molar-refractivity contribution in [3.05, 3.63) is 41.2 Å². The number of amides is 2. The number of rotatable bonds is 6. The summed E-state index contributed by atoms with van der Waals surface area (Å²) in [4.78, 5) is 31.5. The summed E-state index contributed by atoms with van der Waals surface area (Å²) < 4.78 is 13.5. The van der Waals surface area contributed by atoms with Crippen LogP contribution in [-0.2, 0) is 4.79 Å². The molecule has 0 spiro atoms. The molecular weight excluding hydrogens is 369 g/mol. The minimum Gasteiger partial charge on any atom is -0.398 e. The number of piperidine rings is 1. The topological polar surface area (TPSA) is 100 Å². The minimum atomic E-state index is -0.804. The number of benzene rings is 1. The maximum absolute atomic E-state index is 13.5. The summed E-state index contributed by atoms with van der Waals surface area (Å²) >= 11 is 1.30. The lowest BCUT2D eigenvalue weighted by atomic mass is 10.1. The fourth-order valence-corrected chi connectivity index (χ4v) is 3.56. The van der Waals surface area contributed by atoms with Crippen LogP contribution in [-0.4, -0.2) is 47.4 Å². The van der Waals surface area contributed by atoms with Gasteiger partial charge in [-0.1, -0.05) is 6.42 Å². The molecule has 2 heterocycles. The summed E-state index contributed by atoms with van der Waals surface area (Å²) in [6.45, 7) is 2.12. The molecular formula is C18H22FN5O2S. The number of nitrogen functional groups attached to an aromatic ring is 1. The Balaban J connectivity index is 1.74. The highest BCUT2D eigenvalue weighted by molar-refractivity contribution is 7.13. The lowest BCUT2D eigenvalue weighted by Crippen LogP contribution is -2.51. The van der Waals surface area contributed by atoms with Crippen molar-refractivity contribution in [2.45, 2.75) is 25.3 Å². The fourth-order valence-electron chi connectivity index (χ4n) is 3.03. The van der Waals surface area contributed by atoms with Gasteiger partial charge in [0.25, 0.3) is 5.91 Å². The van der Waals surface area contributed by atoms with E-state index in [0.29, 0.717) is 11.7 Å².